The van der Waals surface area contributed by atoms with Gasteiger partial charge < -0.3 is 10.1 Å². The van der Waals surface area contributed by atoms with Crippen LogP contribution in [0.25, 0.3) is 0 Å². The molecular weight excluding hydrogens is 202 g/mol. The quantitative estimate of drug-likeness (QED) is 0.767. The first-order valence-corrected chi connectivity index (χ1v) is 6.16. The molecule has 1 aliphatic heterocycles. The third kappa shape index (κ3) is 2.83. The van der Waals surface area contributed by atoms with Crippen molar-refractivity contribution in [2.24, 2.45) is 0 Å². The largest absolute Gasteiger partial charge is 0.379 e. The van der Waals surface area contributed by atoms with Crippen molar-refractivity contribution in [3.63, 3.8) is 0 Å². The molecule has 0 spiro atoms. The third-order valence-corrected chi connectivity index (χ3v) is 3.09. The molecule has 1 atom stereocenters. The first kappa shape index (κ1) is 11.6. The van der Waals surface area contributed by atoms with E-state index in [2.05, 4.69) is 21.2 Å². The smallest absolute Gasteiger partial charge is 0.0756 e. The molecule has 16 heavy (non-hydrogen) atoms. The highest BCUT2D eigenvalue weighted by Crippen LogP contribution is 2.20. The summed E-state index contributed by atoms with van der Waals surface area (Å²) in [5.74, 6) is 0. The summed E-state index contributed by atoms with van der Waals surface area (Å²) in [6.07, 6.45) is 6.51. The van der Waals surface area contributed by atoms with Crippen molar-refractivity contribution in [1.29, 1.82) is 0 Å². The highest BCUT2D eigenvalue weighted by Gasteiger charge is 2.18. The summed E-state index contributed by atoms with van der Waals surface area (Å²) in [5.41, 5.74) is 1.34. The van der Waals surface area contributed by atoms with Gasteiger partial charge in [0.2, 0.25) is 0 Å². The summed E-state index contributed by atoms with van der Waals surface area (Å²) in [5, 5.41) is 7.61. The van der Waals surface area contributed by atoms with E-state index in [0.717, 1.165) is 39.0 Å². The normalized spacial score (nSPS) is 21.2. The van der Waals surface area contributed by atoms with E-state index in [4.69, 9.17) is 4.74 Å². The van der Waals surface area contributed by atoms with E-state index in [1.165, 1.54) is 12.1 Å². The fourth-order valence-electron chi connectivity index (χ4n) is 2.23. The topological polar surface area (TPSA) is 39.1 Å². The molecule has 4 nitrogen and oxygen atoms in total. The molecule has 1 aliphatic rings. The minimum Gasteiger partial charge on any atom is -0.379 e. The Bertz CT molecular complexity index is 305. The van der Waals surface area contributed by atoms with Crippen molar-refractivity contribution >= 4 is 0 Å². The fraction of sp³-hybridized carbons (Fsp3) is 0.750. The lowest BCUT2D eigenvalue weighted by Crippen LogP contribution is -2.24. The summed E-state index contributed by atoms with van der Waals surface area (Å²) >= 11 is 0. The van der Waals surface area contributed by atoms with Gasteiger partial charge in [-0.15, -0.1) is 0 Å². The van der Waals surface area contributed by atoms with Crippen LogP contribution < -0.4 is 5.32 Å². The van der Waals surface area contributed by atoms with Gasteiger partial charge in [0.05, 0.1) is 12.6 Å². The summed E-state index contributed by atoms with van der Waals surface area (Å²) in [7, 11) is 1.99. The van der Waals surface area contributed by atoms with Crippen LogP contribution in [0.1, 0.15) is 31.0 Å². The number of aromatic nitrogens is 2. The van der Waals surface area contributed by atoms with E-state index in [-0.39, 0.29) is 0 Å². The summed E-state index contributed by atoms with van der Waals surface area (Å²) in [6.45, 7) is 2.79. The Hall–Kier alpha value is -0.870. The molecule has 1 unspecified atom stereocenters. The van der Waals surface area contributed by atoms with Gasteiger partial charge in [-0.2, -0.15) is 5.10 Å². The molecule has 1 saturated heterocycles. The van der Waals surface area contributed by atoms with Crippen molar-refractivity contribution in [3.05, 3.63) is 18.0 Å². The summed E-state index contributed by atoms with van der Waals surface area (Å²) in [4.78, 5) is 0. The van der Waals surface area contributed by atoms with Gasteiger partial charge in [0.1, 0.15) is 0 Å². The number of nitrogens with zero attached hydrogens (tertiary/aromatic N) is 2. The van der Waals surface area contributed by atoms with Crippen molar-refractivity contribution in [3.8, 4) is 0 Å². The standard InChI is InChI=1S/C12H21N3O/c1-13-7-2-4-11-6-8-14-15(11)12-5-3-9-16-10-12/h6,8,12-13H,2-5,7,9-10H2,1H3. The van der Waals surface area contributed by atoms with Gasteiger partial charge in [0.25, 0.3) is 0 Å². The minimum atomic E-state index is 0.452. The van der Waals surface area contributed by atoms with E-state index >= 15 is 0 Å². The highest BCUT2D eigenvalue weighted by atomic mass is 16.5. The molecule has 1 N–H and O–H groups in total. The Balaban J connectivity index is 1.94. The zero-order chi connectivity index (χ0) is 11.2. The molecule has 2 rings (SSSR count). The second kappa shape index (κ2) is 6.01. The molecule has 90 valence electrons. The van der Waals surface area contributed by atoms with Crippen LogP contribution in [0.15, 0.2) is 12.3 Å². The van der Waals surface area contributed by atoms with Crippen LogP contribution in [0.2, 0.25) is 0 Å². The molecule has 2 heterocycles. The predicted molar refractivity (Wildman–Crippen MR) is 63.6 cm³/mol. The lowest BCUT2D eigenvalue weighted by atomic mass is 10.1. The number of hydrogen-bond acceptors (Lipinski definition) is 3. The van der Waals surface area contributed by atoms with E-state index < -0.39 is 0 Å². The zero-order valence-corrected chi connectivity index (χ0v) is 9.98. The van der Waals surface area contributed by atoms with E-state index in [1.807, 2.05) is 13.2 Å². The Labute approximate surface area is 97.0 Å². The van der Waals surface area contributed by atoms with Crippen LogP contribution in [-0.4, -0.2) is 36.6 Å². The lowest BCUT2D eigenvalue weighted by Gasteiger charge is -2.24. The Morgan fingerprint density at radius 1 is 1.62 bits per heavy atom. The van der Waals surface area contributed by atoms with Gasteiger partial charge in [-0.3, -0.25) is 4.68 Å². The minimum absolute atomic E-state index is 0.452. The summed E-state index contributed by atoms with van der Waals surface area (Å²) < 4.78 is 7.67. The number of nitrogens with one attached hydrogen (secondary N) is 1. The van der Waals surface area contributed by atoms with Crippen LogP contribution in [-0.2, 0) is 11.2 Å². The maximum absolute atomic E-state index is 5.51. The van der Waals surface area contributed by atoms with Crippen LogP contribution >= 0.6 is 0 Å². The Kier molecular flexibility index (Phi) is 4.36. The van der Waals surface area contributed by atoms with E-state index in [1.54, 1.807) is 0 Å². The molecular formula is C12H21N3O. The van der Waals surface area contributed by atoms with Gasteiger partial charge >= 0.3 is 0 Å². The Morgan fingerprint density at radius 3 is 3.31 bits per heavy atom. The molecule has 0 bridgehead atoms. The first-order chi connectivity index (χ1) is 7.92. The number of ether oxygens (including phenoxy) is 1. The van der Waals surface area contributed by atoms with Crippen LogP contribution in [0.3, 0.4) is 0 Å². The van der Waals surface area contributed by atoms with Gasteiger partial charge in [-0.05, 0) is 45.3 Å². The lowest BCUT2D eigenvalue weighted by molar-refractivity contribution is 0.0539. The van der Waals surface area contributed by atoms with E-state index in [0.29, 0.717) is 6.04 Å². The fourth-order valence-corrected chi connectivity index (χ4v) is 2.23. The van der Waals surface area contributed by atoms with Gasteiger partial charge in [0, 0.05) is 18.5 Å². The SMILES string of the molecule is CNCCCc1ccnn1C1CCCOC1. The molecule has 1 aromatic rings. The second-order valence-corrected chi connectivity index (χ2v) is 4.35. The number of aryl methyl sites for hydroxylation is 1. The third-order valence-electron chi connectivity index (χ3n) is 3.09. The van der Waals surface area contributed by atoms with Crippen LogP contribution in [0.4, 0.5) is 0 Å². The van der Waals surface area contributed by atoms with Crippen molar-refractivity contribution in [2.75, 3.05) is 26.8 Å². The average molecular weight is 223 g/mol. The van der Waals surface area contributed by atoms with Crippen LogP contribution in [0, 0.1) is 0 Å². The maximum atomic E-state index is 5.51. The molecule has 4 heteroatoms. The van der Waals surface area contributed by atoms with Crippen LogP contribution in [0.5, 0.6) is 0 Å². The Morgan fingerprint density at radius 2 is 2.56 bits per heavy atom. The molecule has 1 aromatic heterocycles. The van der Waals surface area contributed by atoms with Crippen molar-refractivity contribution in [2.45, 2.75) is 31.7 Å². The monoisotopic (exact) mass is 223 g/mol. The zero-order valence-electron chi connectivity index (χ0n) is 9.98. The van der Waals surface area contributed by atoms with Gasteiger partial charge in [0.15, 0.2) is 0 Å². The van der Waals surface area contributed by atoms with E-state index in [9.17, 15) is 0 Å². The second-order valence-electron chi connectivity index (χ2n) is 4.35. The molecule has 0 saturated carbocycles. The van der Waals surface area contributed by atoms with Crippen molar-refractivity contribution < 1.29 is 4.74 Å². The molecule has 0 amide bonds. The maximum Gasteiger partial charge on any atom is 0.0756 e. The molecule has 0 aromatic carbocycles. The van der Waals surface area contributed by atoms with Crippen molar-refractivity contribution in [1.82, 2.24) is 15.1 Å². The molecule has 0 radical (unpaired) electrons. The average Bonchev–Trinajstić information content (AvgIpc) is 2.79. The molecule has 0 aliphatic carbocycles. The highest BCUT2D eigenvalue weighted by molar-refractivity contribution is 5.02. The van der Waals surface area contributed by atoms with Gasteiger partial charge in [-0.1, -0.05) is 0 Å². The number of rotatable bonds is 5. The number of hydrogen-bond donors (Lipinski definition) is 1. The first-order valence-electron chi connectivity index (χ1n) is 6.16. The predicted octanol–water partition coefficient (Wildman–Crippen LogP) is 1.39. The summed E-state index contributed by atoms with van der Waals surface area (Å²) in [6, 6.07) is 2.58. The molecule has 1 fully saturated rings. The van der Waals surface area contributed by atoms with Gasteiger partial charge in [-0.25, -0.2) is 0 Å².